The number of carbonyl (C=O) groups excluding carboxylic acids is 1. The van der Waals surface area contributed by atoms with Gasteiger partial charge in [-0.05, 0) is 24.3 Å². The van der Waals surface area contributed by atoms with E-state index in [1.807, 2.05) is 48.5 Å². The van der Waals surface area contributed by atoms with Crippen molar-refractivity contribution in [2.75, 3.05) is 0 Å². The number of carbonyl (C=O) groups is 1. The number of aromatic nitrogens is 2. The Bertz CT molecular complexity index is 1130. The average molecular weight is 369 g/mol. The second-order valence-electron chi connectivity index (χ2n) is 5.38. The number of benzene rings is 2. The Labute approximate surface area is 153 Å². The third kappa shape index (κ3) is 3.02. The van der Waals surface area contributed by atoms with Crippen LogP contribution in [0.2, 0.25) is 10.3 Å². The van der Waals surface area contributed by atoms with Gasteiger partial charge in [-0.25, -0.2) is 14.8 Å². The van der Waals surface area contributed by atoms with Crippen LogP contribution in [0.25, 0.3) is 21.8 Å². The van der Waals surface area contributed by atoms with Crippen LogP contribution in [-0.4, -0.2) is 15.9 Å². The third-order valence-electron chi connectivity index (χ3n) is 3.75. The molecule has 2 aromatic carbocycles. The predicted molar refractivity (Wildman–Crippen MR) is 98.5 cm³/mol. The molecule has 0 atom stereocenters. The van der Waals surface area contributed by atoms with Crippen molar-refractivity contribution in [2.24, 2.45) is 0 Å². The Kier molecular flexibility index (Phi) is 3.99. The molecule has 2 aromatic heterocycles. The number of rotatable bonds is 2. The second kappa shape index (κ2) is 6.31. The number of hydrogen-bond donors (Lipinski definition) is 0. The summed E-state index contributed by atoms with van der Waals surface area (Å²) in [5, 5.41) is 1.80. The number of hydrogen-bond acceptors (Lipinski definition) is 4. The monoisotopic (exact) mass is 368 g/mol. The van der Waals surface area contributed by atoms with E-state index < -0.39 is 5.97 Å². The van der Waals surface area contributed by atoms with Gasteiger partial charge in [-0.1, -0.05) is 59.6 Å². The minimum absolute atomic E-state index is 0.0774. The highest BCUT2D eigenvalue weighted by Crippen LogP contribution is 2.29. The maximum atomic E-state index is 12.5. The van der Waals surface area contributed by atoms with E-state index in [-0.39, 0.29) is 21.6 Å². The Hall–Kier alpha value is -2.69. The molecule has 0 fully saturated rings. The fraction of sp³-hybridized carbons (Fsp3) is 0. The van der Waals surface area contributed by atoms with Crippen LogP contribution in [0.4, 0.5) is 0 Å². The van der Waals surface area contributed by atoms with E-state index in [9.17, 15) is 4.79 Å². The number of fused-ring (bicyclic) bond motifs is 2. The lowest BCUT2D eigenvalue weighted by Crippen LogP contribution is -2.10. The maximum absolute atomic E-state index is 12.5. The van der Waals surface area contributed by atoms with Gasteiger partial charge in [-0.2, -0.15) is 0 Å². The molecule has 0 bridgehead atoms. The SMILES string of the molecule is O=C(Oc1cc2ccccc2nc1Cl)c1cc2ccccc2nc1Cl. The second-order valence-corrected chi connectivity index (χ2v) is 6.10. The summed E-state index contributed by atoms with van der Waals surface area (Å²) in [5.74, 6) is -0.461. The van der Waals surface area contributed by atoms with E-state index in [1.165, 1.54) is 0 Å². The lowest BCUT2D eigenvalue weighted by atomic mass is 10.1. The van der Waals surface area contributed by atoms with Crippen LogP contribution in [0, 0.1) is 0 Å². The van der Waals surface area contributed by atoms with Crippen LogP contribution in [0.5, 0.6) is 5.75 Å². The molecule has 4 rings (SSSR count). The summed E-state index contributed by atoms with van der Waals surface area (Å²) in [6, 6.07) is 18.1. The minimum Gasteiger partial charge on any atom is -0.420 e. The normalized spacial score (nSPS) is 11.0. The zero-order chi connectivity index (χ0) is 17.4. The summed E-state index contributed by atoms with van der Waals surface area (Å²) in [5.41, 5.74) is 1.59. The molecule has 4 aromatic rings. The molecule has 0 unspecified atom stereocenters. The standard InChI is InChI=1S/C19H10Cl2N2O2/c20-17-13(9-11-5-1-3-7-14(11)22-17)19(24)25-16-10-12-6-2-4-8-15(12)23-18(16)21/h1-10H. The Morgan fingerprint density at radius 2 is 1.36 bits per heavy atom. The molecule has 122 valence electrons. The third-order valence-corrected chi connectivity index (χ3v) is 4.30. The number of para-hydroxylation sites is 2. The van der Waals surface area contributed by atoms with Crippen molar-refractivity contribution in [3.8, 4) is 5.75 Å². The van der Waals surface area contributed by atoms with Gasteiger partial charge in [0.1, 0.15) is 5.15 Å². The number of halogens is 2. The summed E-state index contributed by atoms with van der Waals surface area (Å²) in [6.45, 7) is 0. The van der Waals surface area contributed by atoms with Gasteiger partial charge in [-0.3, -0.25) is 0 Å². The lowest BCUT2D eigenvalue weighted by Gasteiger charge is -2.09. The summed E-state index contributed by atoms with van der Waals surface area (Å²) in [4.78, 5) is 21.0. The summed E-state index contributed by atoms with van der Waals surface area (Å²) < 4.78 is 5.41. The van der Waals surface area contributed by atoms with Crippen molar-refractivity contribution in [1.29, 1.82) is 0 Å². The van der Waals surface area contributed by atoms with Crippen molar-refractivity contribution < 1.29 is 9.53 Å². The molecule has 4 nitrogen and oxygen atoms in total. The van der Waals surface area contributed by atoms with E-state index in [0.29, 0.717) is 5.52 Å². The van der Waals surface area contributed by atoms with Crippen LogP contribution in [0.15, 0.2) is 60.7 Å². The first-order chi connectivity index (χ1) is 12.1. The van der Waals surface area contributed by atoms with Crippen molar-refractivity contribution in [2.45, 2.75) is 0 Å². The number of ether oxygens (including phenoxy) is 1. The van der Waals surface area contributed by atoms with Gasteiger partial charge in [0.25, 0.3) is 0 Å². The van der Waals surface area contributed by atoms with Gasteiger partial charge >= 0.3 is 5.97 Å². The lowest BCUT2D eigenvalue weighted by molar-refractivity contribution is 0.0734. The van der Waals surface area contributed by atoms with Gasteiger partial charge in [-0.15, -0.1) is 0 Å². The Morgan fingerprint density at radius 1 is 0.800 bits per heavy atom. The topological polar surface area (TPSA) is 52.1 Å². The van der Waals surface area contributed by atoms with Crippen LogP contribution in [0.3, 0.4) is 0 Å². The molecular weight excluding hydrogens is 359 g/mol. The van der Waals surface area contributed by atoms with Crippen LogP contribution in [0.1, 0.15) is 10.4 Å². The molecule has 0 aliphatic heterocycles. The van der Waals surface area contributed by atoms with E-state index in [1.54, 1.807) is 12.1 Å². The average Bonchev–Trinajstić information content (AvgIpc) is 2.61. The van der Waals surface area contributed by atoms with Gasteiger partial charge in [0.05, 0.1) is 16.6 Å². The smallest absolute Gasteiger partial charge is 0.346 e. The highest BCUT2D eigenvalue weighted by atomic mass is 35.5. The van der Waals surface area contributed by atoms with Crippen LogP contribution < -0.4 is 4.74 Å². The molecule has 0 aliphatic carbocycles. The highest BCUT2D eigenvalue weighted by molar-refractivity contribution is 6.33. The van der Waals surface area contributed by atoms with Gasteiger partial charge in [0, 0.05) is 10.8 Å². The Morgan fingerprint density at radius 3 is 2.04 bits per heavy atom. The largest absolute Gasteiger partial charge is 0.420 e. The van der Waals surface area contributed by atoms with Gasteiger partial charge < -0.3 is 4.74 Å². The zero-order valence-corrected chi connectivity index (χ0v) is 14.3. The molecular formula is C19H10Cl2N2O2. The van der Waals surface area contributed by atoms with Crippen molar-refractivity contribution in [1.82, 2.24) is 9.97 Å². The van der Waals surface area contributed by atoms with Gasteiger partial charge in [0.2, 0.25) is 0 Å². The fourth-order valence-corrected chi connectivity index (χ4v) is 2.94. The first-order valence-corrected chi connectivity index (χ1v) is 8.20. The van der Waals surface area contributed by atoms with E-state index in [4.69, 9.17) is 27.9 Å². The molecule has 0 saturated carbocycles. The van der Waals surface area contributed by atoms with Crippen molar-refractivity contribution in [3.05, 3.63) is 76.5 Å². The summed E-state index contributed by atoms with van der Waals surface area (Å²) in [7, 11) is 0. The molecule has 0 radical (unpaired) electrons. The minimum atomic E-state index is -0.637. The maximum Gasteiger partial charge on any atom is 0.346 e. The van der Waals surface area contributed by atoms with Crippen LogP contribution in [-0.2, 0) is 0 Å². The molecule has 2 heterocycles. The number of esters is 1. The molecule has 0 saturated heterocycles. The molecule has 25 heavy (non-hydrogen) atoms. The first-order valence-electron chi connectivity index (χ1n) is 7.44. The van der Waals surface area contributed by atoms with E-state index in [2.05, 4.69) is 9.97 Å². The molecule has 6 heteroatoms. The molecule has 0 amide bonds. The molecule has 0 spiro atoms. The van der Waals surface area contributed by atoms with Crippen LogP contribution >= 0.6 is 23.2 Å². The quantitative estimate of drug-likeness (QED) is 0.355. The summed E-state index contributed by atoms with van der Waals surface area (Å²) in [6.07, 6.45) is 0. The highest BCUT2D eigenvalue weighted by Gasteiger charge is 2.17. The van der Waals surface area contributed by atoms with Crippen molar-refractivity contribution in [3.63, 3.8) is 0 Å². The Balaban J connectivity index is 1.73. The van der Waals surface area contributed by atoms with E-state index in [0.717, 1.165) is 16.3 Å². The van der Waals surface area contributed by atoms with Gasteiger partial charge in [0.15, 0.2) is 10.9 Å². The molecule has 0 aliphatic rings. The van der Waals surface area contributed by atoms with Crippen molar-refractivity contribution >= 4 is 51.0 Å². The first kappa shape index (κ1) is 15.8. The predicted octanol–water partition coefficient (Wildman–Crippen LogP) is 5.31. The zero-order valence-electron chi connectivity index (χ0n) is 12.7. The number of nitrogens with zero attached hydrogens (tertiary/aromatic N) is 2. The summed E-state index contributed by atoms with van der Waals surface area (Å²) >= 11 is 12.3. The fourth-order valence-electron chi connectivity index (χ4n) is 2.54. The number of pyridine rings is 2. The van der Waals surface area contributed by atoms with E-state index >= 15 is 0 Å². The molecule has 0 N–H and O–H groups in total.